The Bertz CT molecular complexity index is 1420. The minimum atomic E-state index is -4.14. The molecule has 0 bridgehead atoms. The largest absolute Gasteiger partial charge is 0.352 e. The van der Waals surface area contributed by atoms with E-state index in [0.717, 1.165) is 21.0 Å². The van der Waals surface area contributed by atoms with E-state index in [9.17, 15) is 22.4 Å². The van der Waals surface area contributed by atoms with Crippen LogP contribution in [0.2, 0.25) is 0 Å². The van der Waals surface area contributed by atoms with E-state index in [1.54, 1.807) is 43.3 Å². The number of nitrogens with one attached hydrogen (secondary N) is 1. The number of hydrogen-bond donors (Lipinski definition) is 1. The van der Waals surface area contributed by atoms with Crippen LogP contribution < -0.4 is 9.62 Å². The molecule has 0 unspecified atom stereocenters. The molecule has 0 spiro atoms. The van der Waals surface area contributed by atoms with E-state index in [1.165, 1.54) is 29.2 Å². The monoisotopic (exact) mass is 567 g/mol. The summed E-state index contributed by atoms with van der Waals surface area (Å²) in [7, 11) is -4.14. The number of rotatable bonds is 11. The first-order chi connectivity index (χ1) is 18.8. The van der Waals surface area contributed by atoms with Gasteiger partial charge in [-0.3, -0.25) is 13.9 Å². The van der Waals surface area contributed by atoms with Crippen molar-refractivity contribution in [1.82, 2.24) is 10.2 Å². The van der Waals surface area contributed by atoms with E-state index in [0.29, 0.717) is 17.7 Å². The maximum absolute atomic E-state index is 14.0. The maximum atomic E-state index is 14.0. The first-order valence-corrected chi connectivity index (χ1v) is 14.8. The number of benzene rings is 3. The number of nitrogens with zero attached hydrogens (tertiary/aromatic N) is 2. The second-order valence-electron chi connectivity index (χ2n) is 10.3. The maximum Gasteiger partial charge on any atom is 0.264 e. The van der Waals surface area contributed by atoms with Gasteiger partial charge in [0.2, 0.25) is 11.8 Å². The molecule has 0 saturated carbocycles. The van der Waals surface area contributed by atoms with Crippen LogP contribution in [0.15, 0.2) is 71.6 Å². The number of anilines is 1. The summed E-state index contributed by atoms with van der Waals surface area (Å²) in [5.74, 6) is -1.34. The second-order valence-corrected chi connectivity index (χ2v) is 12.2. The van der Waals surface area contributed by atoms with E-state index >= 15 is 0 Å². The standard InChI is InChI=1S/C31H38FN3O4S/c1-7-24(5)33-31(37)25(6)34(19-26-10-12-27(32)13-11-26)30(36)20-35(28-17-22(3)16-23(4)18-28)40(38,39)29-14-8-21(2)9-15-29/h8-18,24-25H,7,19-20H2,1-6H3,(H,33,37)/t24-,25+/m1/s1. The number of amides is 2. The second kappa shape index (κ2) is 13.1. The highest BCUT2D eigenvalue weighted by atomic mass is 32.2. The van der Waals surface area contributed by atoms with Crippen molar-refractivity contribution in [2.24, 2.45) is 0 Å². The summed E-state index contributed by atoms with van der Waals surface area (Å²) in [6, 6.07) is 16.4. The Morgan fingerprint density at radius 1 is 0.875 bits per heavy atom. The molecule has 0 aliphatic carbocycles. The van der Waals surface area contributed by atoms with Crippen molar-refractivity contribution in [2.45, 2.75) is 71.5 Å². The van der Waals surface area contributed by atoms with Crippen LogP contribution in [0.3, 0.4) is 0 Å². The van der Waals surface area contributed by atoms with Gasteiger partial charge in [0.1, 0.15) is 18.4 Å². The summed E-state index contributed by atoms with van der Waals surface area (Å²) in [4.78, 5) is 28.5. The molecule has 0 aromatic heterocycles. The number of halogens is 1. The molecule has 0 radical (unpaired) electrons. The highest BCUT2D eigenvalue weighted by Gasteiger charge is 2.33. The molecule has 0 heterocycles. The predicted octanol–water partition coefficient (Wildman–Crippen LogP) is 5.28. The molecular weight excluding hydrogens is 529 g/mol. The number of sulfonamides is 1. The third-order valence-corrected chi connectivity index (χ3v) is 8.60. The molecule has 3 rings (SSSR count). The van der Waals surface area contributed by atoms with Crippen molar-refractivity contribution >= 4 is 27.5 Å². The average Bonchev–Trinajstić information content (AvgIpc) is 2.90. The fourth-order valence-electron chi connectivity index (χ4n) is 4.30. The van der Waals surface area contributed by atoms with Gasteiger partial charge >= 0.3 is 0 Å². The van der Waals surface area contributed by atoms with Crippen LogP contribution in [-0.4, -0.2) is 43.8 Å². The third-order valence-electron chi connectivity index (χ3n) is 6.82. The van der Waals surface area contributed by atoms with Crippen LogP contribution in [0.5, 0.6) is 0 Å². The Kier molecular flexibility index (Phi) is 10.1. The molecule has 214 valence electrons. The Morgan fingerprint density at radius 3 is 2.00 bits per heavy atom. The lowest BCUT2D eigenvalue weighted by molar-refractivity contribution is -0.139. The van der Waals surface area contributed by atoms with Crippen LogP contribution in [-0.2, 0) is 26.2 Å². The SMILES string of the molecule is CC[C@@H](C)NC(=O)[C@H](C)N(Cc1ccc(F)cc1)C(=O)CN(c1cc(C)cc(C)c1)S(=O)(=O)c1ccc(C)cc1. The van der Waals surface area contributed by atoms with Gasteiger partial charge in [0.15, 0.2) is 0 Å². The Balaban J connectivity index is 2.05. The van der Waals surface area contributed by atoms with Gasteiger partial charge in [0.05, 0.1) is 10.6 Å². The van der Waals surface area contributed by atoms with Gasteiger partial charge in [0.25, 0.3) is 10.0 Å². The first-order valence-electron chi connectivity index (χ1n) is 13.3. The summed E-state index contributed by atoms with van der Waals surface area (Å²) >= 11 is 0. The van der Waals surface area contributed by atoms with Crippen molar-refractivity contribution < 1.29 is 22.4 Å². The number of hydrogen-bond acceptors (Lipinski definition) is 4. The van der Waals surface area contributed by atoms with Gasteiger partial charge in [-0.1, -0.05) is 42.8 Å². The number of aryl methyl sites for hydroxylation is 3. The van der Waals surface area contributed by atoms with E-state index in [4.69, 9.17) is 0 Å². The zero-order valence-electron chi connectivity index (χ0n) is 23.9. The smallest absolute Gasteiger partial charge is 0.264 e. The van der Waals surface area contributed by atoms with Crippen LogP contribution in [0.25, 0.3) is 0 Å². The summed E-state index contributed by atoms with van der Waals surface area (Å²) in [5, 5.41) is 2.90. The van der Waals surface area contributed by atoms with E-state index in [-0.39, 0.29) is 23.4 Å². The van der Waals surface area contributed by atoms with Crippen molar-refractivity contribution in [3.05, 3.63) is 94.8 Å². The molecular formula is C31H38FN3O4S. The third kappa shape index (κ3) is 7.69. The van der Waals surface area contributed by atoms with E-state index in [1.807, 2.05) is 40.7 Å². The first kappa shape index (κ1) is 30.8. The highest BCUT2D eigenvalue weighted by molar-refractivity contribution is 7.92. The van der Waals surface area contributed by atoms with Gasteiger partial charge in [-0.05, 0) is 94.1 Å². The van der Waals surface area contributed by atoms with Gasteiger partial charge in [-0.25, -0.2) is 12.8 Å². The average molecular weight is 568 g/mol. The van der Waals surface area contributed by atoms with Crippen molar-refractivity contribution in [1.29, 1.82) is 0 Å². The lowest BCUT2D eigenvalue weighted by Gasteiger charge is -2.32. The molecule has 0 aliphatic rings. The quantitative estimate of drug-likeness (QED) is 0.342. The highest BCUT2D eigenvalue weighted by Crippen LogP contribution is 2.27. The Labute approximate surface area is 237 Å². The number of carbonyl (C=O) groups is 2. The molecule has 2 atom stereocenters. The molecule has 2 amide bonds. The summed E-state index contributed by atoms with van der Waals surface area (Å²) < 4.78 is 42.6. The fraction of sp³-hybridized carbons (Fsp3) is 0.355. The topological polar surface area (TPSA) is 86.8 Å². The molecule has 3 aromatic carbocycles. The summed E-state index contributed by atoms with van der Waals surface area (Å²) in [6.07, 6.45) is 0.708. The molecule has 9 heteroatoms. The fourth-order valence-corrected chi connectivity index (χ4v) is 5.69. The minimum Gasteiger partial charge on any atom is -0.352 e. The molecule has 0 saturated heterocycles. The van der Waals surface area contributed by atoms with Crippen molar-refractivity contribution in [3.8, 4) is 0 Å². The van der Waals surface area contributed by atoms with E-state index in [2.05, 4.69) is 5.32 Å². The normalized spacial score (nSPS) is 12.9. The molecule has 0 fully saturated rings. The molecule has 0 aliphatic heterocycles. The summed E-state index contributed by atoms with van der Waals surface area (Å²) in [6.45, 7) is 10.5. The van der Waals surface area contributed by atoms with Gasteiger partial charge in [0, 0.05) is 12.6 Å². The lowest BCUT2D eigenvalue weighted by Crippen LogP contribution is -2.52. The van der Waals surface area contributed by atoms with Crippen molar-refractivity contribution in [3.63, 3.8) is 0 Å². The van der Waals surface area contributed by atoms with Crippen LogP contribution in [0, 0.1) is 26.6 Å². The zero-order chi connectivity index (χ0) is 29.6. The van der Waals surface area contributed by atoms with Gasteiger partial charge < -0.3 is 10.2 Å². The number of carbonyl (C=O) groups excluding carboxylic acids is 2. The lowest BCUT2D eigenvalue weighted by atomic mass is 10.1. The predicted molar refractivity (Wildman–Crippen MR) is 156 cm³/mol. The Hall–Kier alpha value is -3.72. The molecule has 1 N–H and O–H groups in total. The minimum absolute atomic E-state index is 0.000525. The van der Waals surface area contributed by atoms with Crippen molar-refractivity contribution in [2.75, 3.05) is 10.8 Å². The summed E-state index contributed by atoms with van der Waals surface area (Å²) in [5.41, 5.74) is 3.55. The Morgan fingerprint density at radius 2 is 1.45 bits per heavy atom. The van der Waals surface area contributed by atoms with Crippen LogP contribution >= 0.6 is 0 Å². The van der Waals surface area contributed by atoms with Crippen LogP contribution in [0.4, 0.5) is 10.1 Å². The molecule has 40 heavy (non-hydrogen) atoms. The van der Waals surface area contributed by atoms with E-state index < -0.39 is 34.3 Å². The van der Waals surface area contributed by atoms with Crippen LogP contribution in [0.1, 0.15) is 49.4 Å². The molecule has 7 nitrogen and oxygen atoms in total. The zero-order valence-corrected chi connectivity index (χ0v) is 24.8. The van der Waals surface area contributed by atoms with Gasteiger partial charge in [-0.2, -0.15) is 0 Å². The molecule has 3 aromatic rings. The van der Waals surface area contributed by atoms with Gasteiger partial charge in [-0.15, -0.1) is 0 Å².